The Morgan fingerprint density at radius 2 is 1.41 bits per heavy atom. The number of hydrogen-bond acceptors (Lipinski definition) is 3. The van der Waals surface area contributed by atoms with Crippen LogP contribution in [0.15, 0.2) is 91.0 Å². The van der Waals surface area contributed by atoms with Crippen molar-refractivity contribution in [3.05, 3.63) is 102 Å². The quantitative estimate of drug-likeness (QED) is 0.194. The summed E-state index contributed by atoms with van der Waals surface area (Å²) in [5, 5.41) is 24.2. The Labute approximate surface area is 243 Å². The SMILES string of the molecule is CC(CCCc1cccc(-n2c3ccccc3c3ccccc32)c1O)C1CCCCC1N(C)Cc1ccccc1O. The van der Waals surface area contributed by atoms with Crippen LogP contribution in [0.4, 0.5) is 0 Å². The minimum absolute atomic E-state index is 0.391. The van der Waals surface area contributed by atoms with Crippen molar-refractivity contribution in [1.29, 1.82) is 0 Å². The molecule has 1 heterocycles. The molecular formula is C37H42N2O2. The molecule has 4 aromatic carbocycles. The van der Waals surface area contributed by atoms with Gasteiger partial charge >= 0.3 is 0 Å². The molecule has 1 aliphatic rings. The van der Waals surface area contributed by atoms with Crippen LogP contribution in [0, 0.1) is 11.8 Å². The number of nitrogens with zero attached hydrogens (tertiary/aromatic N) is 2. The third kappa shape index (κ3) is 5.46. The monoisotopic (exact) mass is 546 g/mol. The van der Waals surface area contributed by atoms with E-state index in [0.29, 0.717) is 29.4 Å². The molecule has 3 atom stereocenters. The van der Waals surface area contributed by atoms with Gasteiger partial charge in [0.05, 0.1) is 16.7 Å². The van der Waals surface area contributed by atoms with E-state index in [1.165, 1.54) is 36.5 Å². The van der Waals surface area contributed by atoms with Crippen LogP contribution in [-0.2, 0) is 13.0 Å². The highest BCUT2D eigenvalue weighted by molar-refractivity contribution is 6.09. The van der Waals surface area contributed by atoms with Crippen molar-refractivity contribution < 1.29 is 10.2 Å². The summed E-state index contributed by atoms with van der Waals surface area (Å²) < 4.78 is 2.21. The van der Waals surface area contributed by atoms with E-state index in [2.05, 4.69) is 84.1 Å². The summed E-state index contributed by atoms with van der Waals surface area (Å²) in [5.74, 6) is 2.04. The standard InChI is InChI=1S/C37H42N2O2/c1-26(29-17-4-7-20-32(29)38(2)25-28-14-3-10-24-36(28)40)13-11-15-27-16-12-23-35(37(27)41)39-33-21-8-5-18-30(33)31-19-6-9-22-34(31)39/h3,5-6,8-10,12,14,16,18-19,21-24,26,29,32,40-41H,4,7,11,13,15,17,20,25H2,1-2H3. The lowest BCUT2D eigenvalue weighted by Gasteiger charge is -2.41. The molecule has 1 aliphatic carbocycles. The van der Waals surface area contributed by atoms with Crippen LogP contribution in [0.25, 0.3) is 27.5 Å². The Morgan fingerprint density at radius 3 is 2.15 bits per heavy atom. The van der Waals surface area contributed by atoms with Crippen molar-refractivity contribution >= 4 is 21.8 Å². The minimum atomic E-state index is 0.391. The van der Waals surface area contributed by atoms with Gasteiger partial charge in [0.15, 0.2) is 0 Å². The van der Waals surface area contributed by atoms with Gasteiger partial charge in [-0.3, -0.25) is 4.90 Å². The summed E-state index contributed by atoms with van der Waals surface area (Å²) in [7, 11) is 2.22. The van der Waals surface area contributed by atoms with Gasteiger partial charge in [-0.15, -0.1) is 0 Å². The first kappa shape index (κ1) is 27.4. The van der Waals surface area contributed by atoms with Gasteiger partial charge in [0.25, 0.3) is 0 Å². The molecule has 1 fully saturated rings. The maximum Gasteiger partial charge on any atom is 0.142 e. The van der Waals surface area contributed by atoms with Crippen LogP contribution in [-0.4, -0.2) is 32.8 Å². The number of benzene rings is 4. The van der Waals surface area contributed by atoms with Crippen molar-refractivity contribution in [3.63, 3.8) is 0 Å². The van der Waals surface area contributed by atoms with Gasteiger partial charge in [0.1, 0.15) is 11.5 Å². The van der Waals surface area contributed by atoms with Crippen LogP contribution in [0.3, 0.4) is 0 Å². The number of aromatic nitrogens is 1. The van der Waals surface area contributed by atoms with Gasteiger partial charge in [-0.1, -0.05) is 92.9 Å². The van der Waals surface area contributed by atoms with Gasteiger partial charge in [0.2, 0.25) is 0 Å². The van der Waals surface area contributed by atoms with Crippen molar-refractivity contribution in [2.45, 2.75) is 64.5 Å². The molecule has 2 N–H and O–H groups in total. The fourth-order valence-corrected chi connectivity index (χ4v) is 7.35. The van der Waals surface area contributed by atoms with Gasteiger partial charge < -0.3 is 14.8 Å². The number of rotatable bonds is 9. The minimum Gasteiger partial charge on any atom is -0.508 e. The number of phenolic OH excluding ortho intramolecular Hbond substituents is 2. The number of phenols is 2. The highest BCUT2D eigenvalue weighted by Crippen LogP contribution is 2.38. The van der Waals surface area contributed by atoms with Crippen molar-refractivity contribution in [1.82, 2.24) is 9.47 Å². The molecule has 212 valence electrons. The van der Waals surface area contributed by atoms with E-state index in [4.69, 9.17) is 0 Å². The van der Waals surface area contributed by atoms with Crippen LogP contribution >= 0.6 is 0 Å². The highest BCUT2D eigenvalue weighted by atomic mass is 16.3. The average Bonchev–Trinajstić information content (AvgIpc) is 3.33. The first-order valence-electron chi connectivity index (χ1n) is 15.3. The molecule has 4 nitrogen and oxygen atoms in total. The molecule has 1 aromatic heterocycles. The van der Waals surface area contributed by atoms with E-state index in [9.17, 15) is 10.2 Å². The largest absolute Gasteiger partial charge is 0.508 e. The third-order valence-electron chi connectivity index (χ3n) is 9.51. The molecule has 1 saturated carbocycles. The van der Waals surface area contributed by atoms with E-state index in [-0.39, 0.29) is 0 Å². The predicted molar refractivity (Wildman–Crippen MR) is 170 cm³/mol. The topological polar surface area (TPSA) is 48.6 Å². The number of fused-ring (bicyclic) bond motifs is 3. The zero-order valence-corrected chi connectivity index (χ0v) is 24.3. The van der Waals surface area contributed by atoms with Gasteiger partial charge in [-0.2, -0.15) is 0 Å². The fraction of sp³-hybridized carbons (Fsp3) is 0.351. The Hall–Kier alpha value is -3.76. The molecule has 0 radical (unpaired) electrons. The molecule has 0 bridgehead atoms. The van der Waals surface area contributed by atoms with Crippen LogP contribution in [0.5, 0.6) is 11.5 Å². The normalized spacial score (nSPS) is 18.3. The summed E-state index contributed by atoms with van der Waals surface area (Å²) in [6, 6.07) is 31.4. The summed E-state index contributed by atoms with van der Waals surface area (Å²) in [6.45, 7) is 3.20. The highest BCUT2D eigenvalue weighted by Gasteiger charge is 2.32. The second-order valence-corrected chi connectivity index (χ2v) is 12.1. The smallest absolute Gasteiger partial charge is 0.142 e. The first-order valence-corrected chi connectivity index (χ1v) is 15.3. The maximum atomic E-state index is 11.5. The number of aryl methyl sites for hydroxylation is 1. The molecule has 0 amide bonds. The molecule has 0 spiro atoms. The Bertz CT molecular complexity index is 1580. The number of hydrogen-bond donors (Lipinski definition) is 2. The van der Waals surface area contributed by atoms with Crippen LogP contribution < -0.4 is 0 Å². The number of aromatic hydroxyl groups is 2. The first-order chi connectivity index (χ1) is 20.0. The zero-order valence-electron chi connectivity index (χ0n) is 24.3. The van der Waals surface area contributed by atoms with Crippen molar-refractivity contribution in [2.75, 3.05) is 7.05 Å². The molecule has 41 heavy (non-hydrogen) atoms. The summed E-state index contributed by atoms with van der Waals surface area (Å²) in [6.07, 6.45) is 8.14. The lowest BCUT2D eigenvalue weighted by atomic mass is 9.74. The molecule has 0 saturated heterocycles. The average molecular weight is 547 g/mol. The van der Waals surface area contributed by atoms with E-state index in [1.54, 1.807) is 6.07 Å². The molecule has 3 unspecified atom stereocenters. The van der Waals surface area contributed by atoms with E-state index in [0.717, 1.165) is 53.7 Å². The maximum absolute atomic E-state index is 11.5. The van der Waals surface area contributed by atoms with Gasteiger partial charge in [-0.05, 0) is 74.4 Å². The molecule has 6 rings (SSSR count). The predicted octanol–water partition coefficient (Wildman–Crippen LogP) is 8.84. The Balaban J connectivity index is 1.16. The zero-order chi connectivity index (χ0) is 28.3. The summed E-state index contributed by atoms with van der Waals surface area (Å²) >= 11 is 0. The Kier molecular flexibility index (Phi) is 8.02. The van der Waals surface area contributed by atoms with E-state index < -0.39 is 0 Å². The van der Waals surface area contributed by atoms with E-state index in [1.807, 2.05) is 24.3 Å². The number of para-hydroxylation sites is 4. The lowest BCUT2D eigenvalue weighted by Crippen LogP contribution is -2.42. The third-order valence-corrected chi connectivity index (χ3v) is 9.51. The molecular weight excluding hydrogens is 504 g/mol. The molecule has 5 aromatic rings. The van der Waals surface area contributed by atoms with Gasteiger partial charge in [0, 0.05) is 28.9 Å². The van der Waals surface area contributed by atoms with Crippen LogP contribution in [0.2, 0.25) is 0 Å². The second-order valence-electron chi connectivity index (χ2n) is 12.1. The fourth-order valence-electron chi connectivity index (χ4n) is 7.35. The van der Waals surface area contributed by atoms with Crippen LogP contribution in [0.1, 0.15) is 56.6 Å². The van der Waals surface area contributed by atoms with E-state index >= 15 is 0 Å². The Morgan fingerprint density at radius 1 is 0.780 bits per heavy atom. The van der Waals surface area contributed by atoms with Crippen molar-refractivity contribution in [3.8, 4) is 17.2 Å². The molecule has 0 aliphatic heterocycles. The van der Waals surface area contributed by atoms with Crippen molar-refractivity contribution in [2.24, 2.45) is 11.8 Å². The summed E-state index contributed by atoms with van der Waals surface area (Å²) in [4.78, 5) is 2.47. The van der Waals surface area contributed by atoms with Gasteiger partial charge in [-0.25, -0.2) is 0 Å². The summed E-state index contributed by atoms with van der Waals surface area (Å²) in [5.41, 5.74) is 5.11. The molecule has 4 heteroatoms. The lowest BCUT2D eigenvalue weighted by molar-refractivity contribution is 0.0852. The second kappa shape index (κ2) is 12.0.